The average molecular weight is 338 g/mol. The number of rotatable bonds is 6. The number of nitrogens with two attached hydrogens (primary N) is 1. The van der Waals surface area contributed by atoms with Crippen molar-refractivity contribution in [1.29, 1.82) is 0 Å². The number of hydrogen-bond donors (Lipinski definition) is 1. The van der Waals surface area contributed by atoms with Crippen molar-refractivity contribution in [2.75, 3.05) is 18.6 Å². The lowest BCUT2D eigenvalue weighted by Gasteiger charge is -2.28. The minimum Gasteiger partial charge on any atom is -0.497 e. The van der Waals surface area contributed by atoms with E-state index < -0.39 is 0 Å². The molecule has 1 aliphatic rings. The van der Waals surface area contributed by atoms with Crippen molar-refractivity contribution in [2.24, 2.45) is 17.6 Å². The molecule has 0 spiro atoms. The molecule has 0 saturated heterocycles. The van der Waals surface area contributed by atoms with Crippen LogP contribution in [-0.4, -0.2) is 19.6 Å². The van der Waals surface area contributed by atoms with E-state index in [2.05, 4.69) is 12.1 Å². The van der Waals surface area contributed by atoms with E-state index in [1.807, 2.05) is 47.4 Å². The van der Waals surface area contributed by atoms with Crippen LogP contribution in [0.5, 0.6) is 5.75 Å². The number of hydrogen-bond acceptors (Lipinski definition) is 3. The van der Waals surface area contributed by atoms with Gasteiger partial charge in [0.1, 0.15) is 5.75 Å². The zero-order valence-electron chi connectivity index (χ0n) is 14.7. The van der Waals surface area contributed by atoms with Gasteiger partial charge in [0.25, 0.3) is 0 Å². The molecule has 1 aliphatic carbocycles. The lowest BCUT2D eigenvalue weighted by atomic mass is 9.94. The third-order valence-corrected chi connectivity index (χ3v) is 5.11. The minimum absolute atomic E-state index is 0.0239. The predicted octanol–water partition coefficient (Wildman–Crippen LogP) is 3.60. The van der Waals surface area contributed by atoms with Crippen LogP contribution in [-0.2, 0) is 11.3 Å². The summed E-state index contributed by atoms with van der Waals surface area (Å²) in [6.07, 6.45) is 3.07. The van der Waals surface area contributed by atoms with Gasteiger partial charge in [-0.05, 0) is 55.1 Å². The highest BCUT2D eigenvalue weighted by atomic mass is 16.5. The fourth-order valence-corrected chi connectivity index (χ4v) is 3.67. The molecule has 0 unspecified atom stereocenters. The Bertz CT molecular complexity index is 685. The second kappa shape index (κ2) is 8.17. The Balaban J connectivity index is 1.88. The summed E-state index contributed by atoms with van der Waals surface area (Å²) in [5.74, 6) is 1.29. The van der Waals surface area contributed by atoms with Crippen LogP contribution >= 0.6 is 0 Å². The first-order valence-electron chi connectivity index (χ1n) is 8.92. The Morgan fingerprint density at radius 3 is 2.48 bits per heavy atom. The number of nitrogens with zero attached hydrogens (tertiary/aromatic N) is 1. The van der Waals surface area contributed by atoms with Gasteiger partial charge in [-0.25, -0.2) is 0 Å². The van der Waals surface area contributed by atoms with E-state index in [-0.39, 0.29) is 11.8 Å². The van der Waals surface area contributed by atoms with Crippen molar-refractivity contribution in [1.82, 2.24) is 0 Å². The Labute approximate surface area is 149 Å². The van der Waals surface area contributed by atoms with E-state index in [9.17, 15) is 4.79 Å². The van der Waals surface area contributed by atoms with Crippen molar-refractivity contribution in [3.05, 3.63) is 60.2 Å². The van der Waals surface area contributed by atoms with Gasteiger partial charge in [0.2, 0.25) is 5.91 Å². The van der Waals surface area contributed by atoms with E-state index in [1.54, 1.807) is 7.11 Å². The van der Waals surface area contributed by atoms with E-state index in [0.29, 0.717) is 19.0 Å². The Kier molecular flexibility index (Phi) is 5.71. The molecule has 0 radical (unpaired) electrons. The fourth-order valence-electron chi connectivity index (χ4n) is 3.67. The summed E-state index contributed by atoms with van der Waals surface area (Å²) in [5, 5.41) is 0. The van der Waals surface area contributed by atoms with Crippen molar-refractivity contribution < 1.29 is 9.53 Å². The maximum absolute atomic E-state index is 13.3. The first-order valence-corrected chi connectivity index (χ1v) is 8.92. The number of carbonyl (C=O) groups excluding carboxylic acids is 1. The van der Waals surface area contributed by atoms with Gasteiger partial charge in [-0.1, -0.05) is 36.8 Å². The number of benzene rings is 2. The molecule has 25 heavy (non-hydrogen) atoms. The van der Waals surface area contributed by atoms with Crippen molar-refractivity contribution in [3.63, 3.8) is 0 Å². The third kappa shape index (κ3) is 4.02. The standard InChI is InChI=1S/C21H26N2O2/c1-25-19-12-10-18(11-13-19)23(15-16-6-3-2-4-7-16)21(24)20-9-5-8-17(20)14-22/h2-4,6-7,10-13,17,20H,5,8-9,14-15,22H2,1H3/t17-,20-/m1/s1. The highest BCUT2D eigenvalue weighted by Crippen LogP contribution is 2.34. The molecule has 2 N–H and O–H groups in total. The zero-order chi connectivity index (χ0) is 17.6. The van der Waals surface area contributed by atoms with Crippen molar-refractivity contribution in [3.8, 4) is 5.75 Å². The Morgan fingerprint density at radius 2 is 1.84 bits per heavy atom. The van der Waals surface area contributed by atoms with Crippen LogP contribution in [0, 0.1) is 11.8 Å². The molecular weight excluding hydrogens is 312 g/mol. The second-order valence-corrected chi connectivity index (χ2v) is 6.64. The number of anilines is 1. The summed E-state index contributed by atoms with van der Waals surface area (Å²) in [6, 6.07) is 17.8. The molecule has 4 nitrogen and oxygen atoms in total. The Morgan fingerprint density at radius 1 is 1.12 bits per heavy atom. The minimum atomic E-state index is 0.0239. The molecule has 1 amide bonds. The molecule has 4 heteroatoms. The van der Waals surface area contributed by atoms with Gasteiger partial charge in [-0.2, -0.15) is 0 Å². The molecule has 3 rings (SSSR count). The largest absolute Gasteiger partial charge is 0.497 e. The summed E-state index contributed by atoms with van der Waals surface area (Å²) in [4.78, 5) is 15.2. The third-order valence-electron chi connectivity index (χ3n) is 5.11. The fraction of sp³-hybridized carbons (Fsp3) is 0.381. The number of methoxy groups -OCH3 is 1. The maximum Gasteiger partial charge on any atom is 0.230 e. The number of amides is 1. The van der Waals surface area contributed by atoms with Crippen LogP contribution in [0.1, 0.15) is 24.8 Å². The molecule has 1 saturated carbocycles. The summed E-state index contributed by atoms with van der Waals surface area (Å²) in [5.41, 5.74) is 7.92. The van der Waals surface area contributed by atoms with Crippen LogP contribution < -0.4 is 15.4 Å². The molecule has 2 aromatic rings. The Hall–Kier alpha value is -2.33. The molecule has 2 aromatic carbocycles. The monoisotopic (exact) mass is 338 g/mol. The quantitative estimate of drug-likeness (QED) is 0.875. The molecule has 1 fully saturated rings. The maximum atomic E-state index is 13.3. The molecule has 0 bridgehead atoms. The number of carbonyl (C=O) groups is 1. The average Bonchev–Trinajstić information content (AvgIpc) is 3.15. The van der Waals surface area contributed by atoms with Crippen LogP contribution in [0.15, 0.2) is 54.6 Å². The molecule has 0 aromatic heterocycles. The summed E-state index contributed by atoms with van der Waals surface area (Å²) in [6.45, 7) is 1.15. The summed E-state index contributed by atoms with van der Waals surface area (Å²) >= 11 is 0. The van der Waals surface area contributed by atoms with Gasteiger partial charge in [0.05, 0.1) is 13.7 Å². The van der Waals surface area contributed by atoms with Gasteiger partial charge < -0.3 is 15.4 Å². The van der Waals surface area contributed by atoms with E-state index >= 15 is 0 Å². The normalized spacial score (nSPS) is 19.6. The molecule has 132 valence electrons. The van der Waals surface area contributed by atoms with Gasteiger partial charge >= 0.3 is 0 Å². The lowest BCUT2D eigenvalue weighted by molar-refractivity contribution is -0.123. The van der Waals surface area contributed by atoms with E-state index in [0.717, 1.165) is 36.3 Å². The van der Waals surface area contributed by atoms with Gasteiger partial charge in [0.15, 0.2) is 0 Å². The van der Waals surface area contributed by atoms with Crippen LogP contribution in [0.3, 0.4) is 0 Å². The predicted molar refractivity (Wildman–Crippen MR) is 101 cm³/mol. The first-order chi connectivity index (χ1) is 12.2. The molecule has 0 aliphatic heterocycles. The van der Waals surface area contributed by atoms with Crippen molar-refractivity contribution in [2.45, 2.75) is 25.8 Å². The van der Waals surface area contributed by atoms with Gasteiger partial charge in [-0.15, -0.1) is 0 Å². The highest BCUT2D eigenvalue weighted by molar-refractivity contribution is 5.95. The second-order valence-electron chi connectivity index (χ2n) is 6.64. The smallest absolute Gasteiger partial charge is 0.230 e. The SMILES string of the molecule is COc1ccc(N(Cc2ccccc2)C(=O)[C@@H]2CCC[C@@H]2CN)cc1. The molecular formula is C21H26N2O2. The molecule has 0 heterocycles. The summed E-state index contributed by atoms with van der Waals surface area (Å²) < 4.78 is 5.24. The zero-order valence-corrected chi connectivity index (χ0v) is 14.7. The van der Waals surface area contributed by atoms with E-state index in [1.165, 1.54) is 0 Å². The number of ether oxygens (including phenoxy) is 1. The van der Waals surface area contributed by atoms with Crippen LogP contribution in [0.2, 0.25) is 0 Å². The van der Waals surface area contributed by atoms with E-state index in [4.69, 9.17) is 10.5 Å². The van der Waals surface area contributed by atoms with Crippen LogP contribution in [0.25, 0.3) is 0 Å². The van der Waals surface area contributed by atoms with Gasteiger partial charge in [-0.3, -0.25) is 4.79 Å². The topological polar surface area (TPSA) is 55.6 Å². The van der Waals surface area contributed by atoms with Gasteiger partial charge in [0, 0.05) is 11.6 Å². The van der Waals surface area contributed by atoms with Crippen molar-refractivity contribution >= 4 is 11.6 Å². The lowest BCUT2D eigenvalue weighted by Crippen LogP contribution is -2.38. The van der Waals surface area contributed by atoms with Crippen LogP contribution in [0.4, 0.5) is 5.69 Å². The highest BCUT2D eigenvalue weighted by Gasteiger charge is 2.35. The summed E-state index contributed by atoms with van der Waals surface area (Å²) in [7, 11) is 1.65. The molecule has 2 atom stereocenters. The first kappa shape index (κ1) is 17.5.